The van der Waals surface area contributed by atoms with Gasteiger partial charge in [-0.1, -0.05) is 12.7 Å². The fourth-order valence-electron chi connectivity index (χ4n) is 2.90. The summed E-state index contributed by atoms with van der Waals surface area (Å²) >= 11 is 0. The maximum atomic E-state index is 12.7. The van der Waals surface area contributed by atoms with Gasteiger partial charge in [-0.2, -0.15) is 10.1 Å². The quantitative estimate of drug-likeness (QED) is 0.628. The van der Waals surface area contributed by atoms with Gasteiger partial charge in [0.1, 0.15) is 30.5 Å². The number of ether oxygens (including phenoxy) is 3. The molecule has 0 saturated carbocycles. The molecule has 0 radical (unpaired) electrons. The van der Waals surface area contributed by atoms with Crippen LogP contribution in [0.1, 0.15) is 18.5 Å². The number of esters is 1. The molecule has 0 spiro atoms. The van der Waals surface area contributed by atoms with Gasteiger partial charge in [-0.25, -0.2) is 9.48 Å². The van der Waals surface area contributed by atoms with Gasteiger partial charge in [0.25, 0.3) is 0 Å². The lowest BCUT2D eigenvalue weighted by molar-refractivity contribution is -0.138. The van der Waals surface area contributed by atoms with Gasteiger partial charge in [0, 0.05) is 17.3 Å². The molecule has 0 bridgehead atoms. The van der Waals surface area contributed by atoms with Crippen molar-refractivity contribution in [2.24, 2.45) is 0 Å². The van der Waals surface area contributed by atoms with Crippen LogP contribution in [-0.4, -0.2) is 41.6 Å². The topological polar surface area (TPSA) is 87.5 Å². The minimum atomic E-state index is -0.549. The van der Waals surface area contributed by atoms with Gasteiger partial charge in [-0.05, 0) is 19.1 Å². The number of methoxy groups -OCH3 is 2. The number of carbonyl (C=O) groups excluding carboxylic acids is 1. The molecule has 1 N–H and O–H groups in total. The Morgan fingerprint density at radius 1 is 1.38 bits per heavy atom. The molecule has 1 aliphatic heterocycles. The van der Waals surface area contributed by atoms with Gasteiger partial charge in [-0.15, -0.1) is 0 Å². The molecule has 2 heterocycles. The molecule has 2 aromatic rings. The number of anilines is 1. The fourth-order valence-corrected chi connectivity index (χ4v) is 2.90. The number of hydrogen-bond donors (Lipinski definition) is 1. The minimum absolute atomic E-state index is 0.117. The van der Waals surface area contributed by atoms with E-state index in [4.69, 9.17) is 14.2 Å². The van der Waals surface area contributed by atoms with Crippen LogP contribution in [0, 0.1) is 0 Å². The monoisotopic (exact) mass is 356 g/mol. The van der Waals surface area contributed by atoms with Crippen LogP contribution in [0.3, 0.4) is 0 Å². The number of fused-ring (bicyclic) bond motifs is 1. The van der Waals surface area contributed by atoms with E-state index in [1.54, 1.807) is 38.0 Å². The lowest BCUT2D eigenvalue weighted by atomic mass is 9.95. The first-order chi connectivity index (χ1) is 12.6. The number of hydrogen-bond acceptors (Lipinski definition) is 7. The molecule has 8 nitrogen and oxygen atoms in total. The van der Waals surface area contributed by atoms with Crippen molar-refractivity contribution in [1.29, 1.82) is 0 Å². The van der Waals surface area contributed by atoms with Crippen LogP contribution in [0.5, 0.6) is 11.5 Å². The number of aromatic nitrogens is 3. The third-order valence-electron chi connectivity index (χ3n) is 4.08. The first-order valence-corrected chi connectivity index (χ1v) is 7.98. The third-order valence-corrected chi connectivity index (χ3v) is 4.08. The van der Waals surface area contributed by atoms with Crippen LogP contribution >= 0.6 is 0 Å². The highest BCUT2D eigenvalue weighted by Crippen LogP contribution is 2.40. The van der Waals surface area contributed by atoms with Crippen LogP contribution in [0.15, 0.2) is 48.5 Å². The summed E-state index contributed by atoms with van der Waals surface area (Å²) in [5.41, 5.74) is 1.81. The van der Waals surface area contributed by atoms with Gasteiger partial charge in [0.15, 0.2) is 0 Å². The van der Waals surface area contributed by atoms with E-state index in [0.29, 0.717) is 28.7 Å². The molecule has 0 unspecified atom stereocenters. The molecule has 3 rings (SSSR count). The zero-order valence-corrected chi connectivity index (χ0v) is 14.9. The van der Waals surface area contributed by atoms with Crippen molar-refractivity contribution >= 4 is 11.9 Å². The van der Waals surface area contributed by atoms with Crippen molar-refractivity contribution in [3.05, 3.63) is 54.0 Å². The van der Waals surface area contributed by atoms with E-state index in [2.05, 4.69) is 22.0 Å². The van der Waals surface area contributed by atoms with Gasteiger partial charge in [0.2, 0.25) is 5.95 Å². The predicted molar refractivity (Wildman–Crippen MR) is 95.2 cm³/mol. The highest BCUT2D eigenvalue weighted by Gasteiger charge is 2.36. The maximum absolute atomic E-state index is 12.7. The van der Waals surface area contributed by atoms with Crippen molar-refractivity contribution in [2.75, 3.05) is 26.1 Å². The standard InChI is InChI=1S/C18H20N4O4/c1-5-8-26-17(23)15-11(2)21-18-19-10-20-22(18)16(15)13-7-6-12(24-3)9-14(13)25-4/h5-7,9-10,16H,1,8H2,2-4H3,(H,19,20,21)/t16-/m0/s1. The molecule has 136 valence electrons. The molecule has 1 aromatic carbocycles. The van der Waals surface area contributed by atoms with Gasteiger partial charge in [-0.3, -0.25) is 0 Å². The molecule has 26 heavy (non-hydrogen) atoms. The highest BCUT2D eigenvalue weighted by atomic mass is 16.5. The minimum Gasteiger partial charge on any atom is -0.497 e. The van der Waals surface area contributed by atoms with E-state index in [9.17, 15) is 4.79 Å². The number of allylic oxidation sites excluding steroid dienone is 1. The van der Waals surface area contributed by atoms with Gasteiger partial charge >= 0.3 is 5.97 Å². The number of nitrogens with one attached hydrogen (secondary N) is 1. The number of nitrogens with zero attached hydrogens (tertiary/aromatic N) is 3. The molecule has 1 aliphatic rings. The summed E-state index contributed by atoms with van der Waals surface area (Å²) in [5.74, 6) is 1.29. The Bertz CT molecular complexity index is 872. The Hall–Kier alpha value is -3.29. The van der Waals surface area contributed by atoms with E-state index >= 15 is 0 Å². The smallest absolute Gasteiger partial charge is 0.338 e. The summed E-state index contributed by atoms with van der Waals surface area (Å²) in [4.78, 5) is 16.9. The summed E-state index contributed by atoms with van der Waals surface area (Å²) in [6, 6.07) is 4.86. The Balaban J connectivity index is 2.15. The Kier molecular flexibility index (Phi) is 4.92. The van der Waals surface area contributed by atoms with Crippen LogP contribution in [0.2, 0.25) is 0 Å². The van der Waals surface area contributed by atoms with E-state index in [1.165, 1.54) is 12.4 Å². The highest BCUT2D eigenvalue weighted by molar-refractivity contribution is 5.92. The second-order valence-corrected chi connectivity index (χ2v) is 5.59. The van der Waals surface area contributed by atoms with E-state index in [-0.39, 0.29) is 6.61 Å². The maximum Gasteiger partial charge on any atom is 0.338 e. The zero-order chi connectivity index (χ0) is 18.7. The second kappa shape index (κ2) is 7.30. The lowest BCUT2D eigenvalue weighted by Crippen LogP contribution is -2.30. The van der Waals surface area contributed by atoms with Crippen molar-refractivity contribution in [1.82, 2.24) is 14.8 Å². The molecular weight excluding hydrogens is 336 g/mol. The molecule has 1 atom stereocenters. The molecule has 0 fully saturated rings. The summed E-state index contributed by atoms with van der Waals surface area (Å²) in [6.45, 7) is 5.49. The zero-order valence-electron chi connectivity index (χ0n) is 14.9. The van der Waals surface area contributed by atoms with E-state index in [1.807, 2.05) is 6.07 Å². The van der Waals surface area contributed by atoms with E-state index in [0.717, 1.165) is 5.56 Å². The van der Waals surface area contributed by atoms with Crippen LogP contribution in [0.4, 0.5) is 5.95 Å². The van der Waals surface area contributed by atoms with Crippen LogP contribution in [-0.2, 0) is 9.53 Å². The number of carbonyl (C=O) groups is 1. The van der Waals surface area contributed by atoms with Crippen molar-refractivity contribution in [3.63, 3.8) is 0 Å². The van der Waals surface area contributed by atoms with Crippen molar-refractivity contribution in [2.45, 2.75) is 13.0 Å². The molecule has 1 aromatic heterocycles. The van der Waals surface area contributed by atoms with Crippen LogP contribution in [0.25, 0.3) is 0 Å². The van der Waals surface area contributed by atoms with Gasteiger partial charge in [0.05, 0.1) is 19.8 Å². The fraction of sp³-hybridized carbons (Fsp3) is 0.278. The largest absolute Gasteiger partial charge is 0.497 e. The molecular formula is C18H20N4O4. The SMILES string of the molecule is C=CCOC(=O)C1=C(C)Nc2ncnn2[C@H]1c1ccc(OC)cc1OC. The normalized spacial score (nSPS) is 15.7. The average molecular weight is 356 g/mol. The summed E-state index contributed by atoms with van der Waals surface area (Å²) in [7, 11) is 3.14. The van der Waals surface area contributed by atoms with Crippen molar-refractivity contribution in [3.8, 4) is 11.5 Å². The Morgan fingerprint density at radius 2 is 2.19 bits per heavy atom. The number of rotatable bonds is 6. The predicted octanol–water partition coefficient (Wildman–Crippen LogP) is 2.31. The average Bonchev–Trinajstić information content (AvgIpc) is 3.12. The second-order valence-electron chi connectivity index (χ2n) is 5.59. The third kappa shape index (κ3) is 3.01. The molecule has 0 saturated heterocycles. The molecule has 0 aliphatic carbocycles. The van der Waals surface area contributed by atoms with Gasteiger partial charge < -0.3 is 19.5 Å². The summed E-state index contributed by atoms with van der Waals surface area (Å²) < 4.78 is 17.7. The summed E-state index contributed by atoms with van der Waals surface area (Å²) in [5, 5.41) is 7.36. The van der Waals surface area contributed by atoms with Crippen molar-refractivity contribution < 1.29 is 19.0 Å². The lowest BCUT2D eigenvalue weighted by Gasteiger charge is -2.29. The summed E-state index contributed by atoms with van der Waals surface area (Å²) in [6.07, 6.45) is 2.95. The van der Waals surface area contributed by atoms with Crippen LogP contribution < -0.4 is 14.8 Å². The van der Waals surface area contributed by atoms with E-state index < -0.39 is 12.0 Å². The number of benzene rings is 1. The Labute approximate surface area is 151 Å². The molecule has 0 amide bonds. The first-order valence-electron chi connectivity index (χ1n) is 7.98. The molecule has 8 heteroatoms. The Morgan fingerprint density at radius 3 is 2.88 bits per heavy atom. The first kappa shape index (κ1) is 17.5.